The average molecular weight is 426 g/mol. The van der Waals surface area contributed by atoms with Crippen LogP contribution in [0.4, 0.5) is 4.39 Å². The van der Waals surface area contributed by atoms with Crippen LogP contribution >= 0.6 is 0 Å². The van der Waals surface area contributed by atoms with E-state index in [9.17, 15) is 9.18 Å². The minimum Gasteiger partial charge on any atom is -0.361 e. The highest BCUT2D eigenvalue weighted by molar-refractivity contribution is 5.92. The number of halogens is 1. The molecular weight excluding hydrogens is 397 g/mol. The molecule has 1 amide bonds. The number of carbonyl (C=O) groups excluding carboxylic acids is 1. The van der Waals surface area contributed by atoms with Crippen LogP contribution in [0.1, 0.15) is 46.0 Å². The Bertz CT molecular complexity index is 1070. The van der Waals surface area contributed by atoms with Crippen LogP contribution in [0.3, 0.4) is 0 Å². The Kier molecular flexibility index (Phi) is 6.18. The van der Waals surface area contributed by atoms with Gasteiger partial charge in [0.25, 0.3) is 5.91 Å². The molecule has 164 valence electrons. The lowest BCUT2D eigenvalue weighted by Gasteiger charge is -2.33. The molecule has 1 atom stereocenters. The summed E-state index contributed by atoms with van der Waals surface area (Å²) < 4.78 is 20.9. The molecule has 1 saturated heterocycles. The van der Waals surface area contributed by atoms with Gasteiger partial charge in [0.05, 0.1) is 11.4 Å². The second-order valence-corrected chi connectivity index (χ2v) is 8.39. The molecule has 3 heterocycles. The minimum atomic E-state index is -0.246. The van der Waals surface area contributed by atoms with Gasteiger partial charge in [0.15, 0.2) is 5.69 Å². The maximum absolute atomic E-state index is 14.1. The molecule has 1 N–H and O–H groups in total. The number of benzene rings is 1. The van der Waals surface area contributed by atoms with Gasteiger partial charge in [-0.25, -0.2) is 9.07 Å². The summed E-state index contributed by atoms with van der Waals surface area (Å²) in [4.78, 5) is 14.6. The normalized spacial score (nSPS) is 17.1. The van der Waals surface area contributed by atoms with Gasteiger partial charge in [-0.3, -0.25) is 9.69 Å². The number of rotatable bonds is 6. The maximum atomic E-state index is 14.1. The molecule has 1 aliphatic heterocycles. The number of aromatic nitrogens is 3. The fourth-order valence-electron chi connectivity index (χ4n) is 4.26. The van der Waals surface area contributed by atoms with Crippen molar-refractivity contribution < 1.29 is 13.7 Å². The Morgan fingerprint density at radius 3 is 2.81 bits per heavy atom. The molecular formula is C23H28FN5O2. The Balaban J connectivity index is 1.42. The summed E-state index contributed by atoms with van der Waals surface area (Å²) in [5.74, 6) is 0.480. The number of hydrogen-bond donors (Lipinski definition) is 1. The van der Waals surface area contributed by atoms with Gasteiger partial charge in [0.2, 0.25) is 0 Å². The van der Waals surface area contributed by atoms with E-state index in [2.05, 4.69) is 20.5 Å². The van der Waals surface area contributed by atoms with Crippen LogP contribution in [-0.4, -0.2) is 45.4 Å². The number of carbonyl (C=O) groups is 1. The Labute approximate surface area is 181 Å². The molecule has 1 unspecified atom stereocenters. The third-order valence-electron chi connectivity index (χ3n) is 5.69. The summed E-state index contributed by atoms with van der Waals surface area (Å²) in [5, 5.41) is 11.3. The number of nitrogens with zero attached hydrogens (tertiary/aromatic N) is 4. The van der Waals surface area contributed by atoms with Gasteiger partial charge in [-0.2, -0.15) is 5.10 Å². The first kappa shape index (κ1) is 21.2. The predicted molar refractivity (Wildman–Crippen MR) is 115 cm³/mol. The van der Waals surface area contributed by atoms with Crippen LogP contribution in [0, 0.1) is 32.5 Å². The maximum Gasteiger partial charge on any atom is 0.273 e. The van der Waals surface area contributed by atoms with Crippen LogP contribution in [0.15, 0.2) is 34.9 Å². The predicted octanol–water partition coefficient (Wildman–Crippen LogP) is 3.57. The molecule has 0 radical (unpaired) electrons. The second-order valence-electron chi connectivity index (χ2n) is 8.39. The molecule has 0 bridgehead atoms. The van der Waals surface area contributed by atoms with Gasteiger partial charge in [-0.05, 0) is 75.9 Å². The summed E-state index contributed by atoms with van der Waals surface area (Å²) in [7, 11) is 0. The third kappa shape index (κ3) is 5.02. The minimum absolute atomic E-state index is 0.217. The van der Waals surface area contributed by atoms with Crippen molar-refractivity contribution in [1.29, 1.82) is 0 Å². The summed E-state index contributed by atoms with van der Waals surface area (Å²) in [6.07, 6.45) is 2.08. The SMILES string of the molecule is Cc1cc(C)n(-c2ccc(F)cc2CN2CCCC(CNC(=O)c3cc(C)on3)C2)n1. The molecule has 8 heteroatoms. The van der Waals surface area contributed by atoms with Crippen LogP contribution < -0.4 is 5.32 Å². The summed E-state index contributed by atoms with van der Waals surface area (Å²) in [5.41, 5.74) is 4.08. The molecule has 1 aliphatic rings. The van der Waals surface area contributed by atoms with E-state index in [0.717, 1.165) is 48.6 Å². The zero-order valence-corrected chi connectivity index (χ0v) is 18.2. The number of likely N-dealkylation sites (tertiary alicyclic amines) is 1. The lowest BCUT2D eigenvalue weighted by Crippen LogP contribution is -2.40. The monoisotopic (exact) mass is 425 g/mol. The largest absolute Gasteiger partial charge is 0.361 e. The molecule has 4 rings (SSSR count). The molecule has 1 aromatic carbocycles. The van der Waals surface area contributed by atoms with E-state index >= 15 is 0 Å². The quantitative estimate of drug-likeness (QED) is 0.654. The van der Waals surface area contributed by atoms with E-state index in [1.807, 2.05) is 24.6 Å². The van der Waals surface area contributed by atoms with Crippen molar-refractivity contribution >= 4 is 5.91 Å². The molecule has 0 saturated carbocycles. The Morgan fingerprint density at radius 2 is 2.10 bits per heavy atom. The molecule has 0 spiro atoms. The molecule has 2 aromatic heterocycles. The van der Waals surface area contributed by atoms with Gasteiger partial charge in [-0.1, -0.05) is 5.16 Å². The lowest BCUT2D eigenvalue weighted by molar-refractivity contribution is 0.0921. The number of nitrogens with one attached hydrogen (secondary N) is 1. The molecule has 31 heavy (non-hydrogen) atoms. The van der Waals surface area contributed by atoms with Gasteiger partial charge in [0.1, 0.15) is 11.6 Å². The molecule has 3 aromatic rings. The third-order valence-corrected chi connectivity index (χ3v) is 5.69. The van der Waals surface area contributed by atoms with E-state index in [1.165, 1.54) is 6.07 Å². The van der Waals surface area contributed by atoms with E-state index in [4.69, 9.17) is 4.52 Å². The van der Waals surface area contributed by atoms with E-state index in [0.29, 0.717) is 30.5 Å². The van der Waals surface area contributed by atoms with Crippen molar-refractivity contribution in [3.8, 4) is 5.69 Å². The van der Waals surface area contributed by atoms with E-state index in [1.54, 1.807) is 25.1 Å². The standard InChI is InChI=1S/C23H28FN5O2/c1-15-9-16(2)29(26-15)22-7-6-20(24)11-19(22)14-28-8-4-5-18(13-28)12-25-23(30)21-10-17(3)31-27-21/h6-7,9-11,18H,4-5,8,12-14H2,1-3H3,(H,25,30). The number of piperidine rings is 1. The van der Waals surface area contributed by atoms with Crippen molar-refractivity contribution in [3.05, 3.63) is 64.6 Å². The topological polar surface area (TPSA) is 76.2 Å². The molecule has 0 aliphatic carbocycles. The summed E-state index contributed by atoms with van der Waals surface area (Å²) >= 11 is 0. The average Bonchev–Trinajstić information content (AvgIpc) is 3.31. The van der Waals surface area contributed by atoms with Crippen LogP contribution in [-0.2, 0) is 6.54 Å². The highest BCUT2D eigenvalue weighted by Crippen LogP contribution is 2.23. The van der Waals surface area contributed by atoms with E-state index < -0.39 is 0 Å². The Morgan fingerprint density at radius 1 is 1.26 bits per heavy atom. The zero-order chi connectivity index (χ0) is 22.0. The van der Waals surface area contributed by atoms with E-state index in [-0.39, 0.29) is 11.7 Å². The van der Waals surface area contributed by atoms with Crippen molar-refractivity contribution in [2.24, 2.45) is 5.92 Å². The second kappa shape index (κ2) is 9.01. The van der Waals surface area contributed by atoms with Crippen molar-refractivity contribution in [1.82, 2.24) is 25.2 Å². The number of amides is 1. The van der Waals surface area contributed by atoms with Gasteiger partial charge in [0, 0.05) is 31.4 Å². The highest BCUT2D eigenvalue weighted by atomic mass is 19.1. The molecule has 1 fully saturated rings. The zero-order valence-electron chi connectivity index (χ0n) is 18.2. The lowest BCUT2D eigenvalue weighted by atomic mass is 9.97. The number of hydrogen-bond acceptors (Lipinski definition) is 5. The van der Waals surface area contributed by atoms with Gasteiger partial charge < -0.3 is 9.84 Å². The first-order valence-corrected chi connectivity index (χ1v) is 10.6. The van der Waals surface area contributed by atoms with Crippen LogP contribution in [0.5, 0.6) is 0 Å². The first-order chi connectivity index (χ1) is 14.9. The molecule has 7 nitrogen and oxygen atoms in total. The smallest absolute Gasteiger partial charge is 0.273 e. The fraction of sp³-hybridized carbons (Fsp3) is 0.435. The van der Waals surface area contributed by atoms with Gasteiger partial charge in [-0.15, -0.1) is 0 Å². The first-order valence-electron chi connectivity index (χ1n) is 10.6. The van der Waals surface area contributed by atoms with Crippen molar-refractivity contribution in [2.45, 2.75) is 40.2 Å². The summed E-state index contributed by atoms with van der Waals surface area (Å²) in [6.45, 7) is 8.72. The van der Waals surface area contributed by atoms with Gasteiger partial charge >= 0.3 is 0 Å². The fourth-order valence-corrected chi connectivity index (χ4v) is 4.26. The van der Waals surface area contributed by atoms with Crippen molar-refractivity contribution in [3.63, 3.8) is 0 Å². The summed E-state index contributed by atoms with van der Waals surface area (Å²) in [6, 6.07) is 8.53. The van der Waals surface area contributed by atoms with Crippen LogP contribution in [0.25, 0.3) is 5.69 Å². The number of aryl methyl sites for hydroxylation is 3. The Hall–Kier alpha value is -3.00. The van der Waals surface area contributed by atoms with Crippen molar-refractivity contribution in [2.75, 3.05) is 19.6 Å². The highest BCUT2D eigenvalue weighted by Gasteiger charge is 2.23. The van der Waals surface area contributed by atoms with Crippen LogP contribution in [0.2, 0.25) is 0 Å².